The molecule has 0 aliphatic heterocycles. The zero-order valence-electron chi connectivity index (χ0n) is 11.2. The Bertz CT molecular complexity index is 733. The third-order valence-electron chi connectivity index (χ3n) is 2.73. The molecule has 0 aliphatic rings. The van der Waals surface area contributed by atoms with Gasteiger partial charge < -0.3 is 10.5 Å². The van der Waals surface area contributed by atoms with Gasteiger partial charge in [-0.3, -0.25) is 4.72 Å². The molecule has 1 aromatic carbocycles. The number of ether oxygens (including phenoxy) is 1. The van der Waals surface area contributed by atoms with Crippen LogP contribution in [-0.4, -0.2) is 20.5 Å². The number of benzene rings is 1. The topological polar surface area (TPSA) is 94.3 Å². The number of methoxy groups -OCH3 is 1. The fourth-order valence-electron chi connectivity index (χ4n) is 1.60. The Kier molecular flexibility index (Phi) is 4.66. The van der Waals surface area contributed by atoms with Crippen LogP contribution in [0.25, 0.3) is 0 Å². The van der Waals surface area contributed by atoms with Crippen molar-refractivity contribution in [2.24, 2.45) is 5.73 Å². The Morgan fingerprint density at radius 3 is 2.67 bits per heavy atom. The van der Waals surface area contributed by atoms with Crippen LogP contribution in [0, 0.1) is 0 Å². The Labute approximate surface area is 128 Å². The minimum Gasteiger partial charge on any atom is -0.497 e. The van der Waals surface area contributed by atoms with Crippen molar-refractivity contribution in [3.05, 3.63) is 47.1 Å². The average molecular weight is 328 g/mol. The van der Waals surface area contributed by atoms with Gasteiger partial charge in [0.25, 0.3) is 10.0 Å². The van der Waals surface area contributed by atoms with E-state index in [1.807, 2.05) is 0 Å². The first-order valence-corrected chi connectivity index (χ1v) is 7.84. The van der Waals surface area contributed by atoms with Crippen molar-refractivity contribution in [1.82, 2.24) is 4.98 Å². The molecule has 3 N–H and O–H groups in total. The van der Waals surface area contributed by atoms with Crippen molar-refractivity contribution in [2.75, 3.05) is 11.8 Å². The molecule has 0 saturated heterocycles. The molecule has 6 nitrogen and oxygen atoms in total. The number of nitrogens with two attached hydrogens (primary N) is 1. The van der Waals surface area contributed by atoms with E-state index in [1.165, 1.54) is 25.4 Å². The minimum absolute atomic E-state index is 0.112. The SMILES string of the molecule is COc1ccc(Cl)c(NS(=O)(=O)c2ccc(CN)cn2)c1. The standard InChI is InChI=1S/C13H14ClN3O3S/c1-20-10-3-4-11(14)12(6-10)17-21(18,19)13-5-2-9(7-15)8-16-13/h2-6,8,17H,7,15H2,1H3. The molecule has 21 heavy (non-hydrogen) atoms. The van der Waals surface area contributed by atoms with Crippen LogP contribution in [0.1, 0.15) is 5.56 Å². The molecule has 1 aromatic heterocycles. The Morgan fingerprint density at radius 2 is 2.10 bits per heavy atom. The number of anilines is 1. The second-order valence-electron chi connectivity index (χ2n) is 4.16. The minimum atomic E-state index is -3.83. The summed E-state index contributed by atoms with van der Waals surface area (Å²) in [7, 11) is -2.35. The number of nitrogens with one attached hydrogen (secondary N) is 1. The van der Waals surface area contributed by atoms with Crippen LogP contribution in [0.2, 0.25) is 5.02 Å². The van der Waals surface area contributed by atoms with Gasteiger partial charge in [-0.05, 0) is 23.8 Å². The van der Waals surface area contributed by atoms with Crippen LogP contribution in [0.4, 0.5) is 5.69 Å². The van der Waals surface area contributed by atoms with E-state index in [9.17, 15) is 8.42 Å². The molecular formula is C13H14ClN3O3S. The van der Waals surface area contributed by atoms with Gasteiger partial charge in [-0.2, -0.15) is 8.42 Å². The number of hydrogen-bond donors (Lipinski definition) is 2. The smallest absolute Gasteiger partial charge is 0.279 e. The Morgan fingerprint density at radius 1 is 1.33 bits per heavy atom. The predicted molar refractivity (Wildman–Crippen MR) is 80.9 cm³/mol. The molecule has 0 bridgehead atoms. The van der Waals surface area contributed by atoms with E-state index in [0.717, 1.165) is 5.56 Å². The molecule has 0 atom stereocenters. The highest BCUT2D eigenvalue weighted by Crippen LogP contribution is 2.28. The fourth-order valence-corrected chi connectivity index (χ4v) is 2.82. The summed E-state index contributed by atoms with van der Waals surface area (Å²) in [5.41, 5.74) is 6.41. The molecular weight excluding hydrogens is 314 g/mol. The van der Waals surface area contributed by atoms with Crippen LogP contribution in [-0.2, 0) is 16.6 Å². The van der Waals surface area contributed by atoms with Gasteiger partial charge in [0.05, 0.1) is 17.8 Å². The second-order valence-corrected chi connectivity index (χ2v) is 6.20. The molecule has 0 unspecified atom stereocenters. The van der Waals surface area contributed by atoms with Gasteiger partial charge >= 0.3 is 0 Å². The molecule has 0 radical (unpaired) electrons. The van der Waals surface area contributed by atoms with Gasteiger partial charge in [-0.1, -0.05) is 17.7 Å². The molecule has 1 heterocycles. The van der Waals surface area contributed by atoms with Gasteiger partial charge in [-0.15, -0.1) is 0 Å². The normalized spacial score (nSPS) is 11.2. The quantitative estimate of drug-likeness (QED) is 0.876. The molecule has 0 aliphatic carbocycles. The summed E-state index contributed by atoms with van der Waals surface area (Å²) in [6, 6.07) is 7.67. The van der Waals surface area contributed by atoms with E-state index >= 15 is 0 Å². The van der Waals surface area contributed by atoms with Crippen molar-refractivity contribution in [2.45, 2.75) is 11.6 Å². The molecule has 0 amide bonds. The highest BCUT2D eigenvalue weighted by Gasteiger charge is 2.17. The highest BCUT2D eigenvalue weighted by molar-refractivity contribution is 7.92. The molecule has 2 rings (SSSR count). The molecule has 2 aromatic rings. The van der Waals surface area contributed by atoms with Crippen LogP contribution in [0.15, 0.2) is 41.6 Å². The van der Waals surface area contributed by atoms with Gasteiger partial charge in [-0.25, -0.2) is 4.98 Å². The van der Waals surface area contributed by atoms with Crippen molar-refractivity contribution >= 4 is 27.3 Å². The summed E-state index contributed by atoms with van der Waals surface area (Å²) in [4.78, 5) is 3.88. The first-order chi connectivity index (χ1) is 9.96. The lowest BCUT2D eigenvalue weighted by Crippen LogP contribution is -2.15. The zero-order chi connectivity index (χ0) is 15.5. The fraction of sp³-hybridized carbons (Fsp3) is 0.154. The zero-order valence-corrected chi connectivity index (χ0v) is 12.8. The largest absolute Gasteiger partial charge is 0.497 e. The Balaban J connectivity index is 2.32. The lowest BCUT2D eigenvalue weighted by atomic mass is 10.3. The van der Waals surface area contributed by atoms with Gasteiger partial charge in [0.15, 0.2) is 5.03 Å². The number of halogens is 1. The lowest BCUT2D eigenvalue weighted by Gasteiger charge is -2.10. The number of sulfonamides is 1. The van der Waals surface area contributed by atoms with E-state index in [-0.39, 0.29) is 15.7 Å². The molecule has 0 spiro atoms. The maximum absolute atomic E-state index is 12.2. The summed E-state index contributed by atoms with van der Waals surface area (Å²) in [5.74, 6) is 0.489. The van der Waals surface area contributed by atoms with Crippen LogP contribution in [0.5, 0.6) is 5.75 Å². The first kappa shape index (κ1) is 15.6. The summed E-state index contributed by atoms with van der Waals surface area (Å²) >= 11 is 5.97. The third-order valence-corrected chi connectivity index (χ3v) is 4.34. The highest BCUT2D eigenvalue weighted by atomic mass is 35.5. The number of nitrogens with zero attached hydrogens (tertiary/aromatic N) is 1. The van der Waals surface area contributed by atoms with Crippen molar-refractivity contribution in [1.29, 1.82) is 0 Å². The van der Waals surface area contributed by atoms with Crippen molar-refractivity contribution in [3.63, 3.8) is 0 Å². The number of pyridine rings is 1. The number of hydrogen-bond acceptors (Lipinski definition) is 5. The lowest BCUT2D eigenvalue weighted by molar-refractivity contribution is 0.415. The summed E-state index contributed by atoms with van der Waals surface area (Å²) in [6.45, 7) is 0.294. The van der Waals surface area contributed by atoms with Gasteiger partial charge in [0, 0.05) is 18.8 Å². The maximum atomic E-state index is 12.2. The Hall–Kier alpha value is -1.83. The summed E-state index contributed by atoms with van der Waals surface area (Å²) in [5, 5.41) is 0.150. The predicted octanol–water partition coefficient (Wildman–Crippen LogP) is 2.00. The van der Waals surface area contributed by atoms with E-state index in [4.69, 9.17) is 22.1 Å². The van der Waals surface area contributed by atoms with Crippen LogP contribution < -0.4 is 15.2 Å². The second kappa shape index (κ2) is 6.30. The van der Waals surface area contributed by atoms with E-state index in [0.29, 0.717) is 12.3 Å². The van der Waals surface area contributed by atoms with E-state index in [1.54, 1.807) is 18.2 Å². The van der Waals surface area contributed by atoms with E-state index in [2.05, 4.69) is 9.71 Å². The van der Waals surface area contributed by atoms with Gasteiger partial charge in [0.2, 0.25) is 0 Å². The first-order valence-electron chi connectivity index (χ1n) is 5.97. The van der Waals surface area contributed by atoms with Crippen LogP contribution in [0.3, 0.4) is 0 Å². The average Bonchev–Trinajstić information content (AvgIpc) is 2.49. The number of rotatable bonds is 5. The van der Waals surface area contributed by atoms with Crippen LogP contribution >= 0.6 is 11.6 Å². The molecule has 8 heteroatoms. The summed E-state index contributed by atoms with van der Waals surface area (Å²) < 4.78 is 31.9. The molecule has 112 valence electrons. The van der Waals surface area contributed by atoms with Crippen molar-refractivity contribution in [3.8, 4) is 5.75 Å². The van der Waals surface area contributed by atoms with E-state index < -0.39 is 10.0 Å². The monoisotopic (exact) mass is 327 g/mol. The maximum Gasteiger partial charge on any atom is 0.279 e. The van der Waals surface area contributed by atoms with Gasteiger partial charge in [0.1, 0.15) is 5.75 Å². The van der Waals surface area contributed by atoms with Crippen molar-refractivity contribution < 1.29 is 13.2 Å². The number of aromatic nitrogens is 1. The third kappa shape index (κ3) is 3.63. The summed E-state index contributed by atoms with van der Waals surface area (Å²) in [6.07, 6.45) is 1.42. The molecule has 0 fully saturated rings. The molecule has 0 saturated carbocycles.